The second-order valence-corrected chi connectivity index (χ2v) is 4.58. The number of hydrogen-bond acceptors (Lipinski definition) is 3. The van der Waals surface area contributed by atoms with E-state index in [1.165, 1.54) is 0 Å². The largest absolute Gasteiger partial charge is 1.00 e. The molecule has 0 aliphatic carbocycles. The van der Waals surface area contributed by atoms with Crippen molar-refractivity contribution < 1.29 is 33.0 Å². The first-order chi connectivity index (χ1) is 9.26. The van der Waals surface area contributed by atoms with Gasteiger partial charge in [0.2, 0.25) is 5.89 Å². The molecule has 20 heavy (non-hydrogen) atoms. The topological polar surface area (TPSA) is 55.9 Å². The van der Waals surface area contributed by atoms with E-state index in [9.17, 15) is 0 Å². The van der Waals surface area contributed by atoms with Gasteiger partial charge in [-0.1, -0.05) is 6.92 Å². The number of fused-ring (bicyclic) bond motifs is 1. The minimum Gasteiger partial charge on any atom is -1.00 e. The number of nitrogens with two attached hydrogens (primary N) is 1. The highest BCUT2D eigenvalue weighted by Crippen LogP contribution is 2.24. The number of nitrogen functional groups attached to an aromatic ring is 1. The van der Waals surface area contributed by atoms with Crippen molar-refractivity contribution in [2.24, 2.45) is 0 Å². The normalized spacial score (nSPS) is 10.4. The Hall–Kier alpha value is -1.63. The molecule has 0 unspecified atom stereocenters. The lowest BCUT2D eigenvalue weighted by Gasteiger charge is -1.95. The quantitative estimate of drug-likeness (QED) is 0.388. The fourth-order valence-corrected chi connectivity index (χ4v) is 2.11. The Morgan fingerprint density at radius 3 is 2.95 bits per heavy atom. The minimum atomic E-state index is 0. The second-order valence-electron chi connectivity index (χ2n) is 4.58. The maximum atomic E-state index is 5.76. The SMILES string of the molecule is CCC[n+]1cccc(-c2nc3cc(N)ccc3o2)c1.[I-]. The van der Waals surface area contributed by atoms with Crippen LogP contribution in [0.15, 0.2) is 47.1 Å². The molecule has 4 nitrogen and oxygen atoms in total. The van der Waals surface area contributed by atoms with Crippen LogP contribution in [-0.4, -0.2) is 4.98 Å². The molecule has 2 heterocycles. The highest BCUT2D eigenvalue weighted by Gasteiger charge is 2.11. The van der Waals surface area contributed by atoms with Gasteiger partial charge in [0.05, 0.1) is 0 Å². The van der Waals surface area contributed by atoms with Gasteiger partial charge in [0.15, 0.2) is 18.0 Å². The number of aryl methyl sites for hydroxylation is 1. The molecule has 0 amide bonds. The summed E-state index contributed by atoms with van der Waals surface area (Å²) >= 11 is 0. The van der Waals surface area contributed by atoms with E-state index in [0.29, 0.717) is 11.6 Å². The Morgan fingerprint density at radius 1 is 1.30 bits per heavy atom. The number of aromatic nitrogens is 2. The van der Waals surface area contributed by atoms with Crippen LogP contribution in [0.4, 0.5) is 5.69 Å². The molecular weight excluding hydrogens is 365 g/mol. The lowest BCUT2D eigenvalue weighted by atomic mass is 10.3. The van der Waals surface area contributed by atoms with E-state index in [4.69, 9.17) is 10.2 Å². The average Bonchev–Trinajstić information content (AvgIpc) is 2.82. The van der Waals surface area contributed by atoms with E-state index in [-0.39, 0.29) is 24.0 Å². The standard InChI is InChI=1S/C15H16N3O.HI/c1-2-7-18-8-3-4-11(10-18)15-17-13-9-12(16)5-6-14(13)19-15;/h3-6,8-10H,2,7,16H2,1H3;1H/q+1;/p-1. The van der Waals surface area contributed by atoms with Crippen molar-refractivity contribution >= 4 is 16.8 Å². The smallest absolute Gasteiger partial charge is 0.233 e. The van der Waals surface area contributed by atoms with Crippen LogP contribution in [0.5, 0.6) is 0 Å². The van der Waals surface area contributed by atoms with Crippen molar-refractivity contribution in [1.82, 2.24) is 4.98 Å². The van der Waals surface area contributed by atoms with Crippen molar-refractivity contribution in [2.75, 3.05) is 5.73 Å². The lowest BCUT2D eigenvalue weighted by molar-refractivity contribution is -0.696. The predicted octanol–water partition coefficient (Wildman–Crippen LogP) is -0.221. The fourth-order valence-electron chi connectivity index (χ4n) is 2.11. The van der Waals surface area contributed by atoms with Gasteiger partial charge in [-0.3, -0.25) is 0 Å². The summed E-state index contributed by atoms with van der Waals surface area (Å²) in [7, 11) is 0. The fraction of sp³-hybridized carbons (Fsp3) is 0.200. The monoisotopic (exact) mass is 381 g/mol. The van der Waals surface area contributed by atoms with E-state index >= 15 is 0 Å². The molecule has 2 aromatic heterocycles. The number of pyridine rings is 1. The molecule has 5 heteroatoms. The Morgan fingerprint density at radius 2 is 2.15 bits per heavy atom. The first-order valence-corrected chi connectivity index (χ1v) is 6.42. The van der Waals surface area contributed by atoms with Crippen LogP contribution in [0.2, 0.25) is 0 Å². The third-order valence-electron chi connectivity index (χ3n) is 3.00. The Labute approximate surface area is 134 Å². The summed E-state index contributed by atoms with van der Waals surface area (Å²) in [4.78, 5) is 4.49. The number of oxazole rings is 1. The van der Waals surface area contributed by atoms with Crippen LogP contribution >= 0.6 is 0 Å². The van der Waals surface area contributed by atoms with Gasteiger partial charge >= 0.3 is 0 Å². The van der Waals surface area contributed by atoms with E-state index in [1.807, 2.05) is 36.5 Å². The molecule has 2 N–H and O–H groups in total. The van der Waals surface area contributed by atoms with Gasteiger partial charge in [-0.05, 0) is 24.3 Å². The molecule has 0 spiro atoms. The number of anilines is 1. The van der Waals surface area contributed by atoms with Gasteiger partial charge in [0.25, 0.3) is 0 Å². The average molecular weight is 381 g/mol. The van der Waals surface area contributed by atoms with Gasteiger partial charge < -0.3 is 34.1 Å². The zero-order valence-corrected chi connectivity index (χ0v) is 13.4. The van der Waals surface area contributed by atoms with Crippen molar-refractivity contribution in [2.45, 2.75) is 19.9 Å². The van der Waals surface area contributed by atoms with Gasteiger partial charge in [-0.2, -0.15) is 0 Å². The number of nitrogens with zero attached hydrogens (tertiary/aromatic N) is 2. The molecule has 0 bridgehead atoms. The van der Waals surface area contributed by atoms with E-state index in [2.05, 4.69) is 22.7 Å². The van der Waals surface area contributed by atoms with Crippen molar-refractivity contribution in [3.8, 4) is 11.5 Å². The van der Waals surface area contributed by atoms with Crippen LogP contribution in [0, 0.1) is 0 Å². The molecule has 0 fully saturated rings. The van der Waals surface area contributed by atoms with Crippen LogP contribution in [0.1, 0.15) is 13.3 Å². The third-order valence-corrected chi connectivity index (χ3v) is 3.00. The van der Waals surface area contributed by atoms with Crippen molar-refractivity contribution in [3.05, 3.63) is 42.7 Å². The third kappa shape index (κ3) is 2.92. The minimum absolute atomic E-state index is 0. The number of halogens is 1. The van der Waals surface area contributed by atoms with Gasteiger partial charge in [-0.15, -0.1) is 0 Å². The maximum absolute atomic E-state index is 5.76. The summed E-state index contributed by atoms with van der Waals surface area (Å²) in [5.74, 6) is 0.631. The predicted molar refractivity (Wildman–Crippen MR) is 74.3 cm³/mol. The molecule has 0 saturated heterocycles. The first-order valence-electron chi connectivity index (χ1n) is 6.42. The van der Waals surface area contributed by atoms with Gasteiger partial charge in [0, 0.05) is 18.2 Å². The molecule has 0 saturated carbocycles. The molecule has 0 radical (unpaired) electrons. The summed E-state index contributed by atoms with van der Waals surface area (Å²) in [5, 5.41) is 0. The molecule has 1 aromatic carbocycles. The van der Waals surface area contributed by atoms with Crippen molar-refractivity contribution in [1.29, 1.82) is 0 Å². The van der Waals surface area contributed by atoms with E-state index in [1.54, 1.807) is 0 Å². The molecule has 104 valence electrons. The summed E-state index contributed by atoms with van der Waals surface area (Å²) in [6.45, 7) is 3.14. The first kappa shape index (κ1) is 14.8. The van der Waals surface area contributed by atoms with E-state index < -0.39 is 0 Å². The van der Waals surface area contributed by atoms with Gasteiger partial charge in [0.1, 0.15) is 17.6 Å². The molecule has 3 rings (SSSR count). The molecular formula is C15H16IN3O. The van der Waals surface area contributed by atoms with Crippen LogP contribution in [0.25, 0.3) is 22.6 Å². The van der Waals surface area contributed by atoms with Crippen LogP contribution in [0.3, 0.4) is 0 Å². The highest BCUT2D eigenvalue weighted by atomic mass is 127. The summed E-state index contributed by atoms with van der Waals surface area (Å²) < 4.78 is 7.90. The lowest BCUT2D eigenvalue weighted by Crippen LogP contribution is -3.00. The van der Waals surface area contributed by atoms with Crippen LogP contribution < -0.4 is 34.3 Å². The number of rotatable bonds is 3. The number of hydrogen-bond donors (Lipinski definition) is 1. The molecule has 3 aromatic rings. The zero-order chi connectivity index (χ0) is 13.2. The molecule has 0 aliphatic heterocycles. The second kappa shape index (κ2) is 6.21. The summed E-state index contributed by atoms with van der Waals surface area (Å²) in [6, 6.07) is 9.50. The maximum Gasteiger partial charge on any atom is 0.233 e. The summed E-state index contributed by atoms with van der Waals surface area (Å²) in [6.07, 6.45) is 5.20. The van der Waals surface area contributed by atoms with Crippen LogP contribution in [-0.2, 0) is 6.54 Å². The Kier molecular flexibility index (Phi) is 4.59. The van der Waals surface area contributed by atoms with Gasteiger partial charge in [-0.25, -0.2) is 9.55 Å². The summed E-state index contributed by atoms with van der Waals surface area (Å²) in [5.41, 5.74) is 8.97. The highest BCUT2D eigenvalue weighted by molar-refractivity contribution is 5.79. The van der Waals surface area contributed by atoms with Crippen molar-refractivity contribution in [3.63, 3.8) is 0 Å². The Bertz CT molecular complexity index is 724. The number of benzene rings is 1. The van der Waals surface area contributed by atoms with E-state index in [0.717, 1.165) is 29.6 Å². The molecule has 0 atom stereocenters. The molecule has 0 aliphatic rings. The zero-order valence-electron chi connectivity index (χ0n) is 11.2. The Balaban J connectivity index is 0.00000147.